The molecule has 2 aromatic rings. The van der Waals surface area contributed by atoms with E-state index in [2.05, 4.69) is 4.98 Å². The number of carbonyl (C=O) groups excluding carboxylic acids is 2. The number of pyridine rings is 1. The summed E-state index contributed by atoms with van der Waals surface area (Å²) in [6.07, 6.45) is 3.08. The first-order valence-electron chi connectivity index (χ1n) is 7.59. The molecular formula is C18H15ClN2O4. The highest BCUT2D eigenvalue weighted by Crippen LogP contribution is 2.38. The van der Waals surface area contributed by atoms with E-state index in [0.29, 0.717) is 16.1 Å². The van der Waals surface area contributed by atoms with Gasteiger partial charge in [-0.15, -0.1) is 0 Å². The minimum absolute atomic E-state index is 0.0189. The van der Waals surface area contributed by atoms with Gasteiger partial charge in [0, 0.05) is 29.5 Å². The van der Waals surface area contributed by atoms with E-state index in [4.69, 9.17) is 11.6 Å². The third kappa shape index (κ3) is 3.14. The molecule has 6 nitrogen and oxygen atoms in total. The number of β-amino-alcohol motifs (C(OH)–C–C–N with tert-alkyl or cyclic N) is 1. The standard InChI is InChI=1S/C18H15ClN2O4/c19-13-3-1-12(2-4-13)16(23)14-15(11-5-7-20-8-6-11)21(9-10-22)18(25)17(14)24/h1-8,15,22-23H,9-10H2/b16-14+. The molecule has 25 heavy (non-hydrogen) atoms. The van der Waals surface area contributed by atoms with Gasteiger partial charge in [-0.2, -0.15) is 0 Å². The molecule has 1 amide bonds. The van der Waals surface area contributed by atoms with Gasteiger partial charge in [-0.25, -0.2) is 0 Å². The van der Waals surface area contributed by atoms with Crippen molar-refractivity contribution in [2.45, 2.75) is 6.04 Å². The number of rotatable bonds is 4. The summed E-state index contributed by atoms with van der Waals surface area (Å²) in [5, 5.41) is 20.4. The Bertz CT molecular complexity index is 834. The van der Waals surface area contributed by atoms with Crippen LogP contribution in [0.1, 0.15) is 17.2 Å². The number of halogens is 1. The third-order valence-corrected chi connectivity index (χ3v) is 4.27. The molecule has 1 aromatic carbocycles. The van der Waals surface area contributed by atoms with Crippen LogP contribution in [-0.4, -0.2) is 44.9 Å². The normalized spacial score (nSPS) is 19.4. The highest BCUT2D eigenvalue weighted by molar-refractivity contribution is 6.46. The Morgan fingerprint density at radius 2 is 1.76 bits per heavy atom. The second-order valence-electron chi connectivity index (χ2n) is 5.50. The Labute approximate surface area is 149 Å². The van der Waals surface area contributed by atoms with Crippen molar-refractivity contribution in [2.75, 3.05) is 13.2 Å². The molecule has 0 spiro atoms. The van der Waals surface area contributed by atoms with E-state index < -0.39 is 17.7 Å². The lowest BCUT2D eigenvalue weighted by atomic mass is 9.96. The predicted octanol–water partition coefficient (Wildman–Crippen LogP) is 2.15. The van der Waals surface area contributed by atoms with Crippen LogP contribution in [0.5, 0.6) is 0 Å². The van der Waals surface area contributed by atoms with Crippen LogP contribution in [0.2, 0.25) is 5.02 Å². The number of carbonyl (C=O) groups is 2. The van der Waals surface area contributed by atoms with Crippen LogP contribution in [0, 0.1) is 0 Å². The van der Waals surface area contributed by atoms with E-state index >= 15 is 0 Å². The van der Waals surface area contributed by atoms with Crippen LogP contribution in [0.4, 0.5) is 0 Å². The number of aliphatic hydroxyl groups is 2. The van der Waals surface area contributed by atoms with Crippen LogP contribution >= 0.6 is 11.6 Å². The van der Waals surface area contributed by atoms with Crippen molar-refractivity contribution in [2.24, 2.45) is 0 Å². The van der Waals surface area contributed by atoms with E-state index in [9.17, 15) is 19.8 Å². The molecule has 1 fully saturated rings. The molecule has 1 aliphatic rings. The molecule has 1 aromatic heterocycles. The molecule has 1 saturated heterocycles. The van der Waals surface area contributed by atoms with E-state index in [-0.39, 0.29) is 24.5 Å². The first kappa shape index (κ1) is 17.1. The van der Waals surface area contributed by atoms with Crippen LogP contribution in [0.3, 0.4) is 0 Å². The lowest BCUT2D eigenvalue weighted by Gasteiger charge is -2.24. The molecule has 3 rings (SSSR count). The summed E-state index contributed by atoms with van der Waals surface area (Å²) in [7, 11) is 0. The first-order chi connectivity index (χ1) is 12.0. The number of benzene rings is 1. The minimum atomic E-state index is -0.789. The van der Waals surface area contributed by atoms with Gasteiger partial charge in [0.2, 0.25) is 0 Å². The van der Waals surface area contributed by atoms with Gasteiger partial charge in [0.25, 0.3) is 11.7 Å². The number of nitrogens with zero attached hydrogens (tertiary/aromatic N) is 2. The van der Waals surface area contributed by atoms with Gasteiger partial charge in [0.05, 0.1) is 18.2 Å². The summed E-state index contributed by atoms with van der Waals surface area (Å²) in [4.78, 5) is 30.1. The maximum Gasteiger partial charge on any atom is 0.295 e. The van der Waals surface area contributed by atoms with Gasteiger partial charge in [-0.3, -0.25) is 14.6 Å². The molecule has 2 heterocycles. The molecule has 1 unspecified atom stereocenters. The zero-order valence-electron chi connectivity index (χ0n) is 13.1. The predicted molar refractivity (Wildman–Crippen MR) is 91.8 cm³/mol. The van der Waals surface area contributed by atoms with Crippen molar-refractivity contribution < 1.29 is 19.8 Å². The average Bonchev–Trinajstić information content (AvgIpc) is 2.88. The van der Waals surface area contributed by atoms with Crippen molar-refractivity contribution in [3.05, 3.63) is 70.5 Å². The summed E-state index contributed by atoms with van der Waals surface area (Å²) in [6, 6.07) is 8.85. The lowest BCUT2D eigenvalue weighted by molar-refractivity contribution is -0.140. The largest absolute Gasteiger partial charge is 0.507 e. The summed E-state index contributed by atoms with van der Waals surface area (Å²) < 4.78 is 0. The van der Waals surface area contributed by atoms with Crippen molar-refractivity contribution in [1.82, 2.24) is 9.88 Å². The van der Waals surface area contributed by atoms with Crippen molar-refractivity contribution in [3.8, 4) is 0 Å². The summed E-state index contributed by atoms with van der Waals surface area (Å²) in [6.45, 7) is -0.315. The molecule has 0 aliphatic carbocycles. The Morgan fingerprint density at radius 3 is 2.36 bits per heavy atom. The summed E-state index contributed by atoms with van der Waals surface area (Å²) >= 11 is 5.86. The number of hydrogen-bond donors (Lipinski definition) is 2. The number of ketones is 1. The fraction of sp³-hybridized carbons (Fsp3) is 0.167. The fourth-order valence-corrected chi connectivity index (χ4v) is 3.00. The molecule has 0 radical (unpaired) electrons. The second kappa shape index (κ2) is 7.04. The maximum atomic E-state index is 12.5. The Morgan fingerprint density at radius 1 is 1.12 bits per heavy atom. The molecule has 2 N–H and O–H groups in total. The number of aromatic nitrogens is 1. The van der Waals surface area contributed by atoms with Gasteiger partial charge < -0.3 is 15.1 Å². The fourth-order valence-electron chi connectivity index (χ4n) is 2.87. The third-order valence-electron chi connectivity index (χ3n) is 4.02. The molecule has 0 bridgehead atoms. The molecule has 7 heteroatoms. The van der Waals surface area contributed by atoms with Crippen LogP contribution in [0.15, 0.2) is 54.4 Å². The van der Waals surface area contributed by atoms with Gasteiger partial charge >= 0.3 is 0 Å². The highest BCUT2D eigenvalue weighted by Gasteiger charge is 2.45. The number of amides is 1. The SMILES string of the molecule is O=C1C(=O)N(CCO)C(c2ccncc2)/C1=C(\O)c1ccc(Cl)cc1. The monoisotopic (exact) mass is 358 g/mol. The van der Waals surface area contributed by atoms with Gasteiger partial charge in [-0.1, -0.05) is 11.6 Å². The lowest BCUT2D eigenvalue weighted by Crippen LogP contribution is -2.32. The van der Waals surface area contributed by atoms with Crippen LogP contribution in [0.25, 0.3) is 5.76 Å². The van der Waals surface area contributed by atoms with Crippen molar-refractivity contribution in [3.63, 3.8) is 0 Å². The topological polar surface area (TPSA) is 90.7 Å². The van der Waals surface area contributed by atoms with Crippen LogP contribution < -0.4 is 0 Å². The van der Waals surface area contributed by atoms with Gasteiger partial charge in [0.15, 0.2) is 0 Å². The van der Waals surface area contributed by atoms with Crippen molar-refractivity contribution >= 4 is 29.1 Å². The highest BCUT2D eigenvalue weighted by atomic mass is 35.5. The van der Waals surface area contributed by atoms with E-state index in [0.717, 1.165) is 0 Å². The number of likely N-dealkylation sites (tertiary alicyclic amines) is 1. The maximum absolute atomic E-state index is 12.5. The molecular weight excluding hydrogens is 344 g/mol. The molecule has 1 aliphatic heterocycles. The zero-order chi connectivity index (χ0) is 18.0. The quantitative estimate of drug-likeness (QED) is 0.496. The zero-order valence-corrected chi connectivity index (χ0v) is 13.8. The molecule has 128 valence electrons. The van der Waals surface area contributed by atoms with Crippen molar-refractivity contribution in [1.29, 1.82) is 0 Å². The number of aliphatic hydroxyl groups excluding tert-OH is 2. The van der Waals surface area contributed by atoms with Gasteiger partial charge in [-0.05, 0) is 42.0 Å². The first-order valence-corrected chi connectivity index (χ1v) is 7.97. The van der Waals surface area contributed by atoms with E-state index in [1.165, 1.54) is 17.3 Å². The van der Waals surface area contributed by atoms with E-state index in [1.54, 1.807) is 36.4 Å². The Balaban J connectivity index is 2.17. The minimum Gasteiger partial charge on any atom is -0.507 e. The number of Topliss-reactive ketones (excluding diaryl/α,β-unsaturated/α-hetero) is 1. The summed E-state index contributed by atoms with van der Waals surface area (Å²) in [5.41, 5.74) is 0.982. The molecule has 0 saturated carbocycles. The summed E-state index contributed by atoms with van der Waals surface area (Å²) in [5.74, 6) is -1.83. The Kier molecular flexibility index (Phi) is 4.83. The van der Waals surface area contributed by atoms with Crippen LogP contribution in [-0.2, 0) is 9.59 Å². The Hall–Kier alpha value is -2.70. The molecule has 1 atom stereocenters. The van der Waals surface area contributed by atoms with Gasteiger partial charge in [0.1, 0.15) is 5.76 Å². The smallest absolute Gasteiger partial charge is 0.295 e. The second-order valence-corrected chi connectivity index (χ2v) is 5.94. The average molecular weight is 359 g/mol. The number of hydrogen-bond acceptors (Lipinski definition) is 5. The van der Waals surface area contributed by atoms with E-state index in [1.807, 2.05) is 0 Å².